The van der Waals surface area contributed by atoms with Crippen LogP contribution in [0.1, 0.15) is 30.1 Å². The fourth-order valence-electron chi connectivity index (χ4n) is 2.63. The minimum Gasteiger partial charge on any atom is -0.496 e. The first kappa shape index (κ1) is 16.6. The Balaban J connectivity index is 2.15. The fraction of sp³-hybridized carbons (Fsp3) is 0.500. The highest BCUT2D eigenvalue weighted by Gasteiger charge is 2.30. The van der Waals surface area contributed by atoms with Crippen LogP contribution in [0.25, 0.3) is 0 Å². The lowest BCUT2D eigenvalue weighted by molar-refractivity contribution is -0.149. The predicted molar refractivity (Wildman–Crippen MR) is 83.3 cm³/mol. The number of methoxy groups -OCH3 is 1. The maximum Gasteiger partial charge on any atom is 0.310 e. The number of halogens is 1. The molecule has 1 aliphatic rings. The number of rotatable bonds is 4. The van der Waals surface area contributed by atoms with Crippen molar-refractivity contribution in [1.82, 2.24) is 4.90 Å². The Hall–Kier alpha value is -1.75. The summed E-state index contributed by atoms with van der Waals surface area (Å²) in [7, 11) is 1.51. The number of hydrogen-bond acceptors (Lipinski definition) is 4. The molecule has 0 N–H and O–H groups in total. The number of esters is 1. The van der Waals surface area contributed by atoms with Crippen molar-refractivity contribution in [3.8, 4) is 5.75 Å². The Kier molecular flexibility index (Phi) is 5.66. The first-order valence-corrected chi connectivity index (χ1v) is 7.74. The van der Waals surface area contributed by atoms with Crippen molar-refractivity contribution in [2.24, 2.45) is 5.92 Å². The topological polar surface area (TPSA) is 55.8 Å². The number of carbonyl (C=O) groups excluding carboxylic acids is 2. The minimum atomic E-state index is -0.261. The second kappa shape index (κ2) is 7.49. The van der Waals surface area contributed by atoms with Gasteiger partial charge in [-0.1, -0.05) is 11.6 Å². The molecule has 0 saturated carbocycles. The van der Waals surface area contributed by atoms with E-state index in [-0.39, 0.29) is 17.8 Å². The van der Waals surface area contributed by atoms with Crippen molar-refractivity contribution in [3.63, 3.8) is 0 Å². The predicted octanol–water partition coefficient (Wildman–Crippen LogP) is 2.76. The quantitative estimate of drug-likeness (QED) is 0.799. The summed E-state index contributed by atoms with van der Waals surface area (Å²) < 4.78 is 10.3. The van der Waals surface area contributed by atoms with Crippen molar-refractivity contribution in [2.45, 2.75) is 19.8 Å². The summed E-state index contributed by atoms with van der Waals surface area (Å²) in [5.74, 6) is -0.193. The minimum absolute atomic E-state index is 0.173. The third-order valence-electron chi connectivity index (χ3n) is 3.72. The van der Waals surface area contributed by atoms with Crippen molar-refractivity contribution in [3.05, 3.63) is 28.8 Å². The Morgan fingerprint density at radius 2 is 2.18 bits per heavy atom. The molecule has 0 spiro atoms. The van der Waals surface area contributed by atoms with Gasteiger partial charge >= 0.3 is 5.97 Å². The average molecular weight is 326 g/mol. The van der Waals surface area contributed by atoms with E-state index in [4.69, 9.17) is 21.1 Å². The number of nitrogens with zero attached hydrogens (tertiary/aromatic N) is 1. The van der Waals surface area contributed by atoms with E-state index in [0.29, 0.717) is 36.0 Å². The van der Waals surface area contributed by atoms with Gasteiger partial charge in [-0.3, -0.25) is 9.59 Å². The van der Waals surface area contributed by atoms with Crippen LogP contribution in [0.5, 0.6) is 5.75 Å². The first-order chi connectivity index (χ1) is 10.6. The van der Waals surface area contributed by atoms with Gasteiger partial charge in [0.1, 0.15) is 5.75 Å². The normalized spacial score (nSPS) is 18.0. The Morgan fingerprint density at radius 3 is 2.86 bits per heavy atom. The molecule has 6 heteroatoms. The molecule has 120 valence electrons. The third-order valence-corrected chi connectivity index (χ3v) is 3.96. The zero-order chi connectivity index (χ0) is 16.1. The highest BCUT2D eigenvalue weighted by atomic mass is 35.5. The van der Waals surface area contributed by atoms with Gasteiger partial charge in [0.2, 0.25) is 0 Å². The molecule has 0 unspecified atom stereocenters. The second-order valence-electron chi connectivity index (χ2n) is 5.19. The van der Waals surface area contributed by atoms with E-state index in [1.54, 1.807) is 30.0 Å². The average Bonchev–Trinajstić information content (AvgIpc) is 2.54. The van der Waals surface area contributed by atoms with Crippen LogP contribution in [0.4, 0.5) is 0 Å². The molecule has 0 aliphatic carbocycles. The van der Waals surface area contributed by atoms with Crippen LogP contribution in [-0.2, 0) is 9.53 Å². The van der Waals surface area contributed by atoms with Crippen LogP contribution in [0.15, 0.2) is 18.2 Å². The fourth-order valence-corrected chi connectivity index (χ4v) is 2.80. The largest absolute Gasteiger partial charge is 0.496 e. The van der Waals surface area contributed by atoms with E-state index < -0.39 is 0 Å². The molecular formula is C16H20ClNO4. The zero-order valence-corrected chi connectivity index (χ0v) is 13.6. The molecule has 0 bridgehead atoms. The highest BCUT2D eigenvalue weighted by molar-refractivity contribution is 6.31. The molecule has 1 heterocycles. The van der Waals surface area contributed by atoms with Gasteiger partial charge in [-0.2, -0.15) is 0 Å². The maximum atomic E-state index is 12.7. The van der Waals surface area contributed by atoms with Gasteiger partial charge in [0.05, 0.1) is 25.2 Å². The lowest BCUT2D eigenvalue weighted by Crippen LogP contribution is -2.42. The number of carbonyl (C=O) groups is 2. The molecule has 1 aliphatic heterocycles. The van der Waals surface area contributed by atoms with Gasteiger partial charge in [-0.15, -0.1) is 0 Å². The summed E-state index contributed by atoms with van der Waals surface area (Å²) in [5, 5.41) is 0.475. The van der Waals surface area contributed by atoms with E-state index in [1.807, 2.05) is 0 Å². The van der Waals surface area contributed by atoms with Crippen molar-refractivity contribution in [1.29, 1.82) is 0 Å². The number of amides is 1. The lowest BCUT2D eigenvalue weighted by atomic mass is 9.97. The van der Waals surface area contributed by atoms with Crippen molar-refractivity contribution >= 4 is 23.5 Å². The molecule has 1 aromatic carbocycles. The van der Waals surface area contributed by atoms with E-state index in [1.165, 1.54) is 7.11 Å². The van der Waals surface area contributed by atoms with E-state index >= 15 is 0 Å². The molecule has 1 aromatic rings. The van der Waals surface area contributed by atoms with Gasteiger partial charge in [0.15, 0.2) is 0 Å². The Bertz CT molecular complexity index is 561. The monoisotopic (exact) mass is 325 g/mol. The number of piperidine rings is 1. The summed E-state index contributed by atoms with van der Waals surface area (Å²) in [6, 6.07) is 4.94. The Labute approximate surface area is 135 Å². The molecule has 1 atom stereocenters. The highest BCUT2D eigenvalue weighted by Crippen LogP contribution is 2.26. The summed E-state index contributed by atoms with van der Waals surface area (Å²) in [4.78, 5) is 26.2. The molecule has 1 amide bonds. The van der Waals surface area contributed by atoms with E-state index in [9.17, 15) is 9.59 Å². The van der Waals surface area contributed by atoms with Crippen LogP contribution in [0.2, 0.25) is 5.02 Å². The smallest absolute Gasteiger partial charge is 0.310 e. The maximum absolute atomic E-state index is 12.7. The summed E-state index contributed by atoms with van der Waals surface area (Å²) in [6.07, 6.45) is 1.52. The van der Waals surface area contributed by atoms with Gasteiger partial charge < -0.3 is 14.4 Å². The molecule has 5 nitrogen and oxygen atoms in total. The summed E-state index contributed by atoms with van der Waals surface area (Å²) in [5.41, 5.74) is 0.416. The second-order valence-corrected chi connectivity index (χ2v) is 5.62. The SMILES string of the molecule is CCOC(=O)[C@H]1CCCN(C(=O)c2cc(Cl)ccc2OC)C1. The molecule has 2 rings (SSSR count). The third kappa shape index (κ3) is 3.71. The van der Waals surface area contributed by atoms with Crippen LogP contribution in [-0.4, -0.2) is 43.6 Å². The van der Waals surface area contributed by atoms with Crippen LogP contribution in [0, 0.1) is 5.92 Å². The van der Waals surface area contributed by atoms with Crippen LogP contribution in [0.3, 0.4) is 0 Å². The van der Waals surface area contributed by atoms with Crippen molar-refractivity contribution < 1.29 is 19.1 Å². The van der Waals surface area contributed by atoms with Gasteiger partial charge in [0.25, 0.3) is 5.91 Å². The molecule has 0 radical (unpaired) electrons. The standard InChI is InChI=1S/C16H20ClNO4/c1-3-22-16(20)11-5-4-8-18(10-11)15(19)13-9-12(17)6-7-14(13)21-2/h6-7,9,11H,3-5,8,10H2,1-2H3/t11-/m0/s1. The molecule has 0 aromatic heterocycles. The number of ether oxygens (including phenoxy) is 2. The first-order valence-electron chi connectivity index (χ1n) is 7.36. The molecule has 1 saturated heterocycles. The molecule has 1 fully saturated rings. The number of benzene rings is 1. The Morgan fingerprint density at radius 1 is 1.41 bits per heavy atom. The summed E-state index contributed by atoms with van der Waals surface area (Å²) in [6.45, 7) is 3.11. The van der Waals surface area contributed by atoms with Gasteiger partial charge in [-0.25, -0.2) is 0 Å². The number of hydrogen-bond donors (Lipinski definition) is 0. The van der Waals surface area contributed by atoms with E-state index in [2.05, 4.69) is 0 Å². The van der Waals surface area contributed by atoms with Gasteiger partial charge in [-0.05, 0) is 38.0 Å². The van der Waals surface area contributed by atoms with Crippen LogP contribution >= 0.6 is 11.6 Å². The van der Waals surface area contributed by atoms with Crippen molar-refractivity contribution in [2.75, 3.05) is 26.8 Å². The lowest BCUT2D eigenvalue weighted by Gasteiger charge is -2.31. The van der Waals surface area contributed by atoms with E-state index in [0.717, 1.165) is 12.8 Å². The number of likely N-dealkylation sites (tertiary alicyclic amines) is 1. The zero-order valence-electron chi connectivity index (χ0n) is 12.8. The summed E-state index contributed by atoms with van der Waals surface area (Å²) >= 11 is 5.98. The van der Waals surface area contributed by atoms with Gasteiger partial charge in [0, 0.05) is 18.1 Å². The molecule has 22 heavy (non-hydrogen) atoms. The molecular weight excluding hydrogens is 306 g/mol. The van der Waals surface area contributed by atoms with Crippen LogP contribution < -0.4 is 4.74 Å².